The first-order valence-corrected chi connectivity index (χ1v) is 7.56. The number of imidazole rings is 1. The second kappa shape index (κ2) is 5.66. The van der Waals surface area contributed by atoms with Gasteiger partial charge in [0.1, 0.15) is 11.3 Å². The number of carbonyl (C=O) groups excluding carboxylic acids is 1. The lowest BCUT2D eigenvalue weighted by Gasteiger charge is -2.02. The van der Waals surface area contributed by atoms with Crippen LogP contribution in [0.15, 0.2) is 61.1 Å². The van der Waals surface area contributed by atoms with E-state index in [1.807, 2.05) is 54.9 Å². The highest BCUT2D eigenvalue weighted by Gasteiger charge is 2.17. The van der Waals surface area contributed by atoms with Crippen LogP contribution in [-0.2, 0) is 6.42 Å². The lowest BCUT2D eigenvalue weighted by atomic mass is 10.1. The molecule has 1 amide bonds. The molecule has 4 rings (SSSR count). The van der Waals surface area contributed by atoms with Crippen LogP contribution >= 0.6 is 0 Å². The number of aromatic nitrogens is 4. The number of hydrogen-bond acceptors (Lipinski definition) is 3. The summed E-state index contributed by atoms with van der Waals surface area (Å²) in [6.45, 7) is 0. The van der Waals surface area contributed by atoms with Crippen LogP contribution in [0.5, 0.6) is 0 Å². The molecule has 118 valence electrons. The molecule has 6 heteroatoms. The Kier molecular flexibility index (Phi) is 3.35. The van der Waals surface area contributed by atoms with Gasteiger partial charge in [-0.25, -0.2) is 4.98 Å². The van der Waals surface area contributed by atoms with E-state index in [2.05, 4.69) is 15.2 Å². The van der Waals surface area contributed by atoms with Gasteiger partial charge in [-0.05, 0) is 23.3 Å². The summed E-state index contributed by atoms with van der Waals surface area (Å²) in [7, 11) is 0. The second-order valence-electron chi connectivity index (χ2n) is 5.56. The van der Waals surface area contributed by atoms with Crippen molar-refractivity contribution in [2.45, 2.75) is 6.42 Å². The van der Waals surface area contributed by atoms with Crippen LogP contribution in [0.25, 0.3) is 16.8 Å². The number of nitrogens with zero attached hydrogens (tertiary/aromatic N) is 3. The van der Waals surface area contributed by atoms with Gasteiger partial charge in [0.15, 0.2) is 0 Å². The van der Waals surface area contributed by atoms with Crippen LogP contribution in [0.2, 0.25) is 0 Å². The van der Waals surface area contributed by atoms with Crippen LogP contribution in [0, 0.1) is 0 Å². The molecule has 3 aromatic heterocycles. The van der Waals surface area contributed by atoms with Gasteiger partial charge in [-0.2, -0.15) is 5.10 Å². The van der Waals surface area contributed by atoms with Crippen molar-refractivity contribution in [1.29, 1.82) is 0 Å². The lowest BCUT2D eigenvalue weighted by molar-refractivity contribution is 0.0994. The molecule has 0 aliphatic heterocycles. The molecular formula is C18H15N5O. The molecule has 6 nitrogen and oxygen atoms in total. The van der Waals surface area contributed by atoms with Gasteiger partial charge < -0.3 is 5.73 Å². The quantitative estimate of drug-likeness (QED) is 0.606. The van der Waals surface area contributed by atoms with Crippen LogP contribution in [-0.4, -0.2) is 25.5 Å². The van der Waals surface area contributed by atoms with Gasteiger partial charge in [-0.3, -0.25) is 14.3 Å². The summed E-state index contributed by atoms with van der Waals surface area (Å²) in [5.41, 5.74) is 10.4. The maximum absolute atomic E-state index is 11.9. The van der Waals surface area contributed by atoms with Crippen LogP contribution in [0.4, 0.5) is 0 Å². The van der Waals surface area contributed by atoms with Crippen molar-refractivity contribution in [2.75, 3.05) is 0 Å². The van der Waals surface area contributed by atoms with Crippen LogP contribution in [0.3, 0.4) is 0 Å². The van der Waals surface area contributed by atoms with Crippen molar-refractivity contribution in [3.8, 4) is 11.1 Å². The molecule has 0 saturated carbocycles. The minimum Gasteiger partial charge on any atom is -0.364 e. The number of primary amides is 1. The smallest absolute Gasteiger partial charge is 0.267 e. The minimum atomic E-state index is -0.482. The predicted octanol–water partition coefficient (Wildman–Crippen LogP) is 2.41. The molecular weight excluding hydrogens is 302 g/mol. The van der Waals surface area contributed by atoms with E-state index in [4.69, 9.17) is 5.73 Å². The number of H-pyrrole nitrogens is 1. The third-order valence-electron chi connectivity index (χ3n) is 3.98. The van der Waals surface area contributed by atoms with Crippen molar-refractivity contribution >= 4 is 11.6 Å². The Morgan fingerprint density at radius 2 is 2.00 bits per heavy atom. The van der Waals surface area contributed by atoms with Crippen LogP contribution < -0.4 is 5.73 Å². The number of nitrogens with two attached hydrogens (primary N) is 1. The van der Waals surface area contributed by atoms with Gasteiger partial charge in [-0.1, -0.05) is 30.3 Å². The Labute approximate surface area is 138 Å². The summed E-state index contributed by atoms with van der Waals surface area (Å²) in [5.74, 6) is -0.482. The molecule has 0 spiro atoms. The first kappa shape index (κ1) is 14.2. The molecule has 0 aliphatic carbocycles. The Morgan fingerprint density at radius 3 is 2.71 bits per heavy atom. The Hall–Kier alpha value is -3.41. The Balaban J connectivity index is 1.84. The first-order chi connectivity index (χ1) is 11.7. The van der Waals surface area contributed by atoms with Gasteiger partial charge in [0.25, 0.3) is 5.91 Å². The number of pyridine rings is 1. The van der Waals surface area contributed by atoms with E-state index in [0.29, 0.717) is 23.5 Å². The van der Waals surface area contributed by atoms with Crippen molar-refractivity contribution in [3.63, 3.8) is 0 Å². The summed E-state index contributed by atoms with van der Waals surface area (Å²) in [6.07, 6.45) is 5.93. The fraction of sp³-hybridized carbons (Fsp3) is 0.0556. The SMILES string of the molecule is NC(=O)c1c(Cc2ccccc2)nc2cc(-c3cn[nH]c3)ccn12. The molecule has 3 N–H and O–H groups in total. The number of carbonyl (C=O) groups is 1. The number of nitrogens with one attached hydrogen (secondary N) is 1. The van der Waals surface area contributed by atoms with E-state index in [1.54, 1.807) is 10.6 Å². The molecule has 0 saturated heterocycles. The fourth-order valence-electron chi connectivity index (χ4n) is 2.86. The van der Waals surface area contributed by atoms with E-state index >= 15 is 0 Å². The van der Waals surface area contributed by atoms with Crippen molar-refractivity contribution in [1.82, 2.24) is 19.6 Å². The number of amides is 1. The highest BCUT2D eigenvalue weighted by atomic mass is 16.1. The van der Waals surface area contributed by atoms with Crippen molar-refractivity contribution in [3.05, 3.63) is 78.0 Å². The maximum Gasteiger partial charge on any atom is 0.267 e. The largest absolute Gasteiger partial charge is 0.364 e. The third-order valence-corrected chi connectivity index (χ3v) is 3.98. The van der Waals surface area contributed by atoms with Crippen molar-refractivity contribution < 1.29 is 4.79 Å². The normalized spacial score (nSPS) is 11.0. The number of rotatable bonds is 4. The van der Waals surface area contributed by atoms with E-state index < -0.39 is 5.91 Å². The number of fused-ring (bicyclic) bond motifs is 1. The number of aromatic amines is 1. The molecule has 0 aliphatic rings. The standard InChI is InChI=1S/C18H15N5O/c19-18(24)17-15(8-12-4-2-1-3-5-12)22-16-9-13(6-7-23(16)17)14-10-20-21-11-14/h1-7,9-11H,8H2,(H2,19,24)(H,20,21). The Morgan fingerprint density at radius 1 is 1.17 bits per heavy atom. The highest BCUT2D eigenvalue weighted by molar-refractivity contribution is 5.93. The lowest BCUT2D eigenvalue weighted by Crippen LogP contribution is -2.16. The van der Waals surface area contributed by atoms with E-state index in [1.165, 1.54) is 0 Å². The zero-order valence-corrected chi connectivity index (χ0v) is 12.8. The first-order valence-electron chi connectivity index (χ1n) is 7.56. The van der Waals surface area contributed by atoms with Gasteiger partial charge in [0.2, 0.25) is 0 Å². The summed E-state index contributed by atoms with van der Waals surface area (Å²) < 4.78 is 1.74. The van der Waals surface area contributed by atoms with Gasteiger partial charge in [-0.15, -0.1) is 0 Å². The summed E-state index contributed by atoms with van der Waals surface area (Å²) >= 11 is 0. The van der Waals surface area contributed by atoms with Gasteiger partial charge in [0.05, 0.1) is 11.9 Å². The summed E-state index contributed by atoms with van der Waals surface area (Å²) in [4.78, 5) is 16.6. The highest BCUT2D eigenvalue weighted by Crippen LogP contribution is 2.22. The maximum atomic E-state index is 11.9. The molecule has 1 aromatic carbocycles. The zero-order chi connectivity index (χ0) is 16.5. The van der Waals surface area contributed by atoms with E-state index in [0.717, 1.165) is 16.7 Å². The monoisotopic (exact) mass is 317 g/mol. The average molecular weight is 317 g/mol. The Bertz CT molecular complexity index is 1000. The van der Waals surface area contributed by atoms with Gasteiger partial charge in [0, 0.05) is 24.4 Å². The summed E-state index contributed by atoms with van der Waals surface area (Å²) in [6, 6.07) is 13.7. The minimum absolute atomic E-state index is 0.424. The van der Waals surface area contributed by atoms with E-state index in [9.17, 15) is 4.79 Å². The fourth-order valence-corrected chi connectivity index (χ4v) is 2.86. The molecule has 0 unspecified atom stereocenters. The average Bonchev–Trinajstić information content (AvgIpc) is 3.22. The molecule has 0 bridgehead atoms. The van der Waals surface area contributed by atoms with E-state index in [-0.39, 0.29) is 0 Å². The number of benzene rings is 1. The molecule has 0 radical (unpaired) electrons. The predicted molar refractivity (Wildman–Crippen MR) is 90.5 cm³/mol. The van der Waals surface area contributed by atoms with Crippen molar-refractivity contribution in [2.24, 2.45) is 5.73 Å². The van der Waals surface area contributed by atoms with Crippen LogP contribution in [0.1, 0.15) is 21.7 Å². The third kappa shape index (κ3) is 2.44. The second-order valence-corrected chi connectivity index (χ2v) is 5.56. The topological polar surface area (TPSA) is 89.1 Å². The molecule has 3 heterocycles. The molecule has 4 aromatic rings. The zero-order valence-electron chi connectivity index (χ0n) is 12.8. The number of hydrogen-bond donors (Lipinski definition) is 2. The van der Waals surface area contributed by atoms with Gasteiger partial charge >= 0.3 is 0 Å². The molecule has 0 atom stereocenters. The molecule has 24 heavy (non-hydrogen) atoms. The molecule has 0 fully saturated rings. The summed E-state index contributed by atoms with van der Waals surface area (Å²) in [5, 5.41) is 6.75.